The summed E-state index contributed by atoms with van der Waals surface area (Å²) in [6.45, 7) is 1.50. The minimum atomic E-state index is -0.425. The lowest BCUT2D eigenvalue weighted by Crippen LogP contribution is -2.11. The Morgan fingerprint density at radius 1 is 0.583 bits per heavy atom. The van der Waals surface area contributed by atoms with Gasteiger partial charge < -0.3 is 9.47 Å². The summed E-state index contributed by atoms with van der Waals surface area (Å²) in [4.78, 5) is 24.1. The predicted molar refractivity (Wildman–Crippen MR) is 140 cm³/mol. The molecule has 2 aliphatic rings. The quantitative estimate of drug-likeness (QED) is 0.189. The molecule has 36 heavy (non-hydrogen) atoms. The van der Waals surface area contributed by atoms with Crippen LogP contribution in [0.25, 0.3) is 22.3 Å². The van der Waals surface area contributed by atoms with Crippen molar-refractivity contribution in [2.75, 3.05) is 7.11 Å². The lowest BCUT2D eigenvalue weighted by molar-refractivity contribution is 0.0734. The zero-order chi connectivity index (χ0) is 24.8. The number of hydrogen-bond acceptors (Lipinski definition) is 4. The second kappa shape index (κ2) is 8.80. The van der Waals surface area contributed by atoms with E-state index in [1.54, 1.807) is 31.4 Å². The molecule has 4 heteroatoms. The highest BCUT2D eigenvalue weighted by Crippen LogP contribution is 2.42. The summed E-state index contributed by atoms with van der Waals surface area (Å²) in [6.07, 6.45) is 3.87. The van der Waals surface area contributed by atoms with Crippen molar-refractivity contribution < 1.29 is 19.1 Å². The predicted octanol–water partition coefficient (Wildman–Crippen LogP) is 6.65. The molecule has 2 aliphatic carbocycles. The molecule has 6 rings (SSSR count). The Hall–Kier alpha value is -4.18. The van der Waals surface area contributed by atoms with Crippen LogP contribution in [-0.2, 0) is 25.7 Å². The minimum Gasteiger partial charge on any atom is -0.497 e. The zero-order valence-electron chi connectivity index (χ0n) is 20.4. The third-order valence-electron chi connectivity index (χ3n) is 7.36. The molecule has 0 fully saturated rings. The van der Waals surface area contributed by atoms with E-state index in [9.17, 15) is 9.59 Å². The Balaban J connectivity index is 1.28. The summed E-state index contributed by atoms with van der Waals surface area (Å²) >= 11 is 0. The number of benzene rings is 4. The summed E-state index contributed by atoms with van der Waals surface area (Å²) in [5, 5.41) is 0. The number of Topliss-reactive ketones (excluding diaryl/α,β-unsaturated/α-hetero) is 1. The second-order valence-corrected chi connectivity index (χ2v) is 9.53. The largest absolute Gasteiger partial charge is 0.497 e. The van der Waals surface area contributed by atoms with Crippen molar-refractivity contribution in [2.45, 2.75) is 32.6 Å². The standard InChI is InChI=1S/C32H26O4/c1-19(33)20-3-5-21(6-4-20)32(34)36-27-12-14-29-23(16-27)8-10-25-17-30-24(18-31(25)29)9-7-22-15-26(35-2)11-13-28(22)30/h3-6,11-18H,7-10H2,1-2H3. The first-order chi connectivity index (χ1) is 17.5. The maximum Gasteiger partial charge on any atom is 0.343 e. The van der Waals surface area contributed by atoms with Gasteiger partial charge in [-0.2, -0.15) is 0 Å². The van der Waals surface area contributed by atoms with E-state index in [-0.39, 0.29) is 5.78 Å². The van der Waals surface area contributed by atoms with Crippen LogP contribution in [0.4, 0.5) is 0 Å². The van der Waals surface area contributed by atoms with E-state index in [0.717, 1.165) is 31.4 Å². The van der Waals surface area contributed by atoms with Crippen molar-refractivity contribution in [1.29, 1.82) is 0 Å². The van der Waals surface area contributed by atoms with Gasteiger partial charge in [0.25, 0.3) is 0 Å². The molecule has 0 atom stereocenters. The number of fused-ring (bicyclic) bond motifs is 6. The number of aryl methyl sites for hydroxylation is 4. The van der Waals surface area contributed by atoms with Crippen molar-refractivity contribution in [3.63, 3.8) is 0 Å². The van der Waals surface area contributed by atoms with Crippen LogP contribution in [0.5, 0.6) is 11.5 Å². The van der Waals surface area contributed by atoms with Crippen LogP contribution in [0, 0.1) is 0 Å². The molecule has 0 aromatic heterocycles. The van der Waals surface area contributed by atoms with Crippen LogP contribution >= 0.6 is 0 Å². The van der Waals surface area contributed by atoms with Gasteiger partial charge in [-0.1, -0.05) is 36.4 Å². The normalized spacial score (nSPS) is 13.1. The number of ketones is 1. The molecule has 4 aromatic rings. The Bertz CT molecular complexity index is 1530. The molecule has 0 heterocycles. The highest BCUT2D eigenvalue weighted by molar-refractivity contribution is 5.96. The van der Waals surface area contributed by atoms with Crippen molar-refractivity contribution in [1.82, 2.24) is 0 Å². The maximum absolute atomic E-state index is 12.6. The minimum absolute atomic E-state index is 0.0319. The first kappa shape index (κ1) is 22.3. The lowest BCUT2D eigenvalue weighted by atomic mass is 9.78. The number of esters is 1. The van der Waals surface area contributed by atoms with E-state index in [4.69, 9.17) is 9.47 Å². The first-order valence-corrected chi connectivity index (χ1v) is 12.3. The van der Waals surface area contributed by atoms with E-state index in [2.05, 4.69) is 30.3 Å². The molecule has 0 amide bonds. The fourth-order valence-corrected chi connectivity index (χ4v) is 5.42. The van der Waals surface area contributed by atoms with Crippen LogP contribution in [0.3, 0.4) is 0 Å². The first-order valence-electron chi connectivity index (χ1n) is 12.3. The van der Waals surface area contributed by atoms with Gasteiger partial charge in [0.1, 0.15) is 11.5 Å². The molecular formula is C32H26O4. The monoisotopic (exact) mass is 474 g/mol. The van der Waals surface area contributed by atoms with Gasteiger partial charge in [0.05, 0.1) is 12.7 Å². The van der Waals surface area contributed by atoms with E-state index >= 15 is 0 Å². The third kappa shape index (κ3) is 3.89. The van der Waals surface area contributed by atoms with Crippen molar-refractivity contribution in [2.24, 2.45) is 0 Å². The van der Waals surface area contributed by atoms with Crippen LogP contribution in [0.2, 0.25) is 0 Å². The average molecular weight is 475 g/mol. The SMILES string of the molecule is COc1ccc2c(c1)CCc1cc3c(cc1-2)CCc1cc(OC(=O)c2ccc(C(C)=O)cc2)ccc1-3. The molecular weight excluding hydrogens is 448 g/mol. The fraction of sp³-hybridized carbons (Fsp3) is 0.188. The number of methoxy groups -OCH3 is 1. The zero-order valence-corrected chi connectivity index (χ0v) is 20.4. The van der Waals surface area contributed by atoms with Crippen LogP contribution in [0.15, 0.2) is 72.8 Å². The smallest absolute Gasteiger partial charge is 0.343 e. The molecule has 0 saturated heterocycles. The van der Waals surface area contributed by atoms with Crippen molar-refractivity contribution >= 4 is 11.8 Å². The number of ether oxygens (including phenoxy) is 2. The van der Waals surface area contributed by atoms with Gasteiger partial charge in [-0.15, -0.1) is 0 Å². The molecule has 0 aliphatic heterocycles. The average Bonchev–Trinajstić information content (AvgIpc) is 2.91. The molecule has 0 bridgehead atoms. The molecule has 178 valence electrons. The second-order valence-electron chi connectivity index (χ2n) is 9.53. The van der Waals surface area contributed by atoms with Crippen LogP contribution in [-0.4, -0.2) is 18.9 Å². The van der Waals surface area contributed by atoms with Gasteiger partial charge in [-0.3, -0.25) is 4.79 Å². The summed E-state index contributed by atoms with van der Waals surface area (Å²) in [6, 6.07) is 23.6. The van der Waals surface area contributed by atoms with E-state index < -0.39 is 5.97 Å². The fourth-order valence-electron chi connectivity index (χ4n) is 5.42. The number of hydrogen-bond donors (Lipinski definition) is 0. The van der Waals surface area contributed by atoms with Crippen molar-refractivity contribution in [3.8, 4) is 33.8 Å². The van der Waals surface area contributed by atoms with E-state index in [1.165, 1.54) is 51.4 Å². The Morgan fingerprint density at radius 2 is 1.06 bits per heavy atom. The third-order valence-corrected chi connectivity index (χ3v) is 7.36. The molecule has 0 N–H and O–H groups in total. The maximum atomic E-state index is 12.6. The summed E-state index contributed by atoms with van der Waals surface area (Å²) in [5.41, 5.74) is 11.4. The number of carbonyl (C=O) groups excluding carboxylic acids is 2. The van der Waals surface area contributed by atoms with Gasteiger partial charge in [0.2, 0.25) is 0 Å². The topological polar surface area (TPSA) is 52.6 Å². The van der Waals surface area contributed by atoms with Gasteiger partial charge in [0, 0.05) is 5.56 Å². The molecule has 0 radical (unpaired) electrons. The van der Waals surface area contributed by atoms with Gasteiger partial charge in [0.15, 0.2) is 5.78 Å². The lowest BCUT2D eigenvalue weighted by Gasteiger charge is -2.26. The summed E-state index contributed by atoms with van der Waals surface area (Å²) < 4.78 is 11.1. The Labute approximate surface area is 210 Å². The van der Waals surface area contributed by atoms with Crippen molar-refractivity contribution in [3.05, 3.63) is 106 Å². The van der Waals surface area contributed by atoms with Gasteiger partial charge in [-0.25, -0.2) is 4.79 Å². The summed E-state index contributed by atoms with van der Waals surface area (Å²) in [5.74, 6) is 0.994. The molecule has 4 nitrogen and oxygen atoms in total. The van der Waals surface area contributed by atoms with Crippen LogP contribution in [0.1, 0.15) is 49.9 Å². The van der Waals surface area contributed by atoms with E-state index in [1.807, 2.05) is 18.2 Å². The Morgan fingerprint density at radius 3 is 1.58 bits per heavy atom. The van der Waals surface area contributed by atoms with Gasteiger partial charge >= 0.3 is 5.97 Å². The highest BCUT2D eigenvalue weighted by atomic mass is 16.5. The summed E-state index contributed by atoms with van der Waals surface area (Å²) in [7, 11) is 1.71. The molecule has 0 saturated carbocycles. The molecule has 4 aromatic carbocycles. The van der Waals surface area contributed by atoms with Gasteiger partial charge in [-0.05, 0) is 114 Å². The van der Waals surface area contributed by atoms with E-state index in [0.29, 0.717) is 16.9 Å². The van der Waals surface area contributed by atoms with Crippen LogP contribution < -0.4 is 9.47 Å². The number of carbonyl (C=O) groups is 2. The molecule has 0 spiro atoms. The number of rotatable bonds is 4. The highest BCUT2D eigenvalue weighted by Gasteiger charge is 2.23. The molecule has 0 unspecified atom stereocenters. The Kier molecular flexibility index (Phi) is 5.45.